The molecule has 1 N–H and O–H groups in total. The number of aliphatic carboxylic acids is 1. The van der Waals surface area contributed by atoms with Gasteiger partial charge in [0.1, 0.15) is 0 Å². The molecule has 4 heteroatoms. The van der Waals surface area contributed by atoms with Gasteiger partial charge >= 0.3 is 5.97 Å². The van der Waals surface area contributed by atoms with E-state index in [0.29, 0.717) is 6.54 Å². The average molecular weight is 236 g/mol. The first-order valence-corrected chi connectivity index (χ1v) is 6.05. The molecule has 1 rings (SSSR count). The molecule has 0 aliphatic heterocycles. The lowest BCUT2D eigenvalue weighted by molar-refractivity contribution is -0.137. The van der Waals surface area contributed by atoms with Gasteiger partial charge in [0, 0.05) is 25.5 Å². The van der Waals surface area contributed by atoms with Gasteiger partial charge in [-0.05, 0) is 24.6 Å². The van der Waals surface area contributed by atoms with Crippen LogP contribution >= 0.6 is 0 Å². The summed E-state index contributed by atoms with van der Waals surface area (Å²) in [7, 11) is 0. The summed E-state index contributed by atoms with van der Waals surface area (Å²) in [6.45, 7) is 4.46. The van der Waals surface area contributed by atoms with Crippen LogP contribution in [0.25, 0.3) is 0 Å². The fourth-order valence-electron chi connectivity index (χ4n) is 1.66. The van der Waals surface area contributed by atoms with E-state index in [1.54, 1.807) is 6.20 Å². The third-order valence-electron chi connectivity index (χ3n) is 2.60. The Hall–Kier alpha value is -1.42. The van der Waals surface area contributed by atoms with E-state index in [9.17, 15) is 4.79 Å². The third kappa shape index (κ3) is 6.02. The van der Waals surface area contributed by atoms with Crippen molar-refractivity contribution < 1.29 is 9.90 Å². The van der Waals surface area contributed by atoms with Crippen LogP contribution < -0.4 is 0 Å². The first kappa shape index (κ1) is 13.6. The highest BCUT2D eigenvalue weighted by Gasteiger charge is 2.07. The molecule has 1 aromatic rings. The average Bonchev–Trinajstić information content (AvgIpc) is 2.34. The van der Waals surface area contributed by atoms with Crippen LogP contribution in [0.4, 0.5) is 0 Å². The van der Waals surface area contributed by atoms with Crippen molar-refractivity contribution in [2.75, 3.05) is 13.1 Å². The molecule has 0 atom stereocenters. The van der Waals surface area contributed by atoms with Crippen LogP contribution in [0, 0.1) is 0 Å². The highest BCUT2D eigenvalue weighted by molar-refractivity contribution is 5.66. The Morgan fingerprint density at radius 3 is 2.88 bits per heavy atom. The second kappa shape index (κ2) is 7.79. The van der Waals surface area contributed by atoms with E-state index in [4.69, 9.17) is 5.11 Å². The molecular weight excluding hydrogens is 216 g/mol. The summed E-state index contributed by atoms with van der Waals surface area (Å²) >= 11 is 0. The van der Waals surface area contributed by atoms with E-state index in [1.165, 1.54) is 0 Å². The first-order valence-electron chi connectivity index (χ1n) is 6.05. The lowest BCUT2D eigenvalue weighted by atomic mass is 10.2. The van der Waals surface area contributed by atoms with Gasteiger partial charge in [-0.15, -0.1) is 0 Å². The third-order valence-corrected chi connectivity index (χ3v) is 2.60. The molecular formula is C13H20N2O2. The summed E-state index contributed by atoms with van der Waals surface area (Å²) < 4.78 is 0. The number of carboxylic acids is 1. The van der Waals surface area contributed by atoms with Crippen molar-refractivity contribution in [3.05, 3.63) is 30.1 Å². The van der Waals surface area contributed by atoms with Gasteiger partial charge in [-0.25, -0.2) is 0 Å². The molecule has 0 fully saturated rings. The van der Waals surface area contributed by atoms with Crippen molar-refractivity contribution in [1.82, 2.24) is 9.88 Å². The predicted molar refractivity (Wildman–Crippen MR) is 66.7 cm³/mol. The predicted octanol–water partition coefficient (Wildman–Crippen LogP) is 2.16. The Morgan fingerprint density at radius 2 is 2.29 bits per heavy atom. The molecule has 0 amide bonds. The van der Waals surface area contributed by atoms with Crippen molar-refractivity contribution in [1.29, 1.82) is 0 Å². The van der Waals surface area contributed by atoms with Gasteiger partial charge in [0.05, 0.1) is 6.42 Å². The van der Waals surface area contributed by atoms with E-state index in [-0.39, 0.29) is 6.42 Å². The summed E-state index contributed by atoms with van der Waals surface area (Å²) in [5.74, 6) is -0.738. The Balaban J connectivity index is 2.47. The van der Waals surface area contributed by atoms with E-state index in [0.717, 1.165) is 31.5 Å². The zero-order chi connectivity index (χ0) is 12.5. The van der Waals surface area contributed by atoms with E-state index < -0.39 is 5.97 Å². The summed E-state index contributed by atoms with van der Waals surface area (Å²) in [4.78, 5) is 16.8. The minimum Gasteiger partial charge on any atom is -0.481 e. The first-order chi connectivity index (χ1) is 8.22. The molecule has 0 unspecified atom stereocenters. The van der Waals surface area contributed by atoms with E-state index in [2.05, 4.69) is 16.8 Å². The molecule has 0 bridgehead atoms. The molecule has 17 heavy (non-hydrogen) atoms. The minimum absolute atomic E-state index is 0.198. The van der Waals surface area contributed by atoms with Gasteiger partial charge in [0.15, 0.2) is 0 Å². The normalized spacial score (nSPS) is 10.7. The van der Waals surface area contributed by atoms with Crippen molar-refractivity contribution in [3.8, 4) is 0 Å². The van der Waals surface area contributed by atoms with Crippen molar-refractivity contribution in [3.63, 3.8) is 0 Å². The quantitative estimate of drug-likeness (QED) is 0.751. The van der Waals surface area contributed by atoms with Gasteiger partial charge in [-0.3, -0.25) is 14.7 Å². The van der Waals surface area contributed by atoms with Crippen molar-refractivity contribution in [2.45, 2.75) is 32.7 Å². The maximum atomic E-state index is 10.6. The largest absolute Gasteiger partial charge is 0.481 e. The summed E-state index contributed by atoms with van der Waals surface area (Å²) in [6.07, 6.45) is 6.00. The molecule has 0 aliphatic carbocycles. The van der Waals surface area contributed by atoms with Crippen LogP contribution in [-0.2, 0) is 11.3 Å². The fourth-order valence-corrected chi connectivity index (χ4v) is 1.66. The van der Waals surface area contributed by atoms with Gasteiger partial charge in [-0.1, -0.05) is 19.4 Å². The monoisotopic (exact) mass is 236 g/mol. The van der Waals surface area contributed by atoms with Crippen molar-refractivity contribution in [2.24, 2.45) is 0 Å². The standard InChI is InChI=1S/C13H20N2O2/c1-2-3-8-15(9-6-13(16)17)11-12-5-4-7-14-10-12/h4-5,7,10H,2-3,6,8-9,11H2,1H3,(H,16,17). The van der Waals surface area contributed by atoms with Crippen LogP contribution in [0.2, 0.25) is 0 Å². The van der Waals surface area contributed by atoms with Crippen LogP contribution in [0.5, 0.6) is 0 Å². The maximum absolute atomic E-state index is 10.6. The Kier molecular flexibility index (Phi) is 6.25. The van der Waals surface area contributed by atoms with Gasteiger partial charge < -0.3 is 5.11 Å². The van der Waals surface area contributed by atoms with Crippen LogP contribution in [0.15, 0.2) is 24.5 Å². The number of nitrogens with zero attached hydrogens (tertiary/aromatic N) is 2. The van der Waals surface area contributed by atoms with Gasteiger partial charge in [-0.2, -0.15) is 0 Å². The number of aromatic nitrogens is 1. The van der Waals surface area contributed by atoms with Crippen LogP contribution in [0.3, 0.4) is 0 Å². The number of unbranched alkanes of at least 4 members (excludes halogenated alkanes) is 1. The smallest absolute Gasteiger partial charge is 0.304 e. The number of pyridine rings is 1. The van der Waals surface area contributed by atoms with Crippen LogP contribution in [-0.4, -0.2) is 34.0 Å². The number of hydrogen-bond donors (Lipinski definition) is 1. The molecule has 0 saturated heterocycles. The van der Waals surface area contributed by atoms with E-state index >= 15 is 0 Å². The summed E-state index contributed by atoms with van der Waals surface area (Å²) in [6, 6.07) is 3.93. The molecule has 0 aromatic carbocycles. The highest BCUT2D eigenvalue weighted by atomic mass is 16.4. The molecule has 1 aromatic heterocycles. The zero-order valence-electron chi connectivity index (χ0n) is 10.3. The SMILES string of the molecule is CCCCN(CCC(=O)O)Cc1cccnc1. The number of rotatable bonds is 8. The topological polar surface area (TPSA) is 53.4 Å². The lowest BCUT2D eigenvalue weighted by Crippen LogP contribution is -2.27. The van der Waals surface area contributed by atoms with Crippen molar-refractivity contribution >= 4 is 5.97 Å². The molecule has 4 nitrogen and oxygen atoms in total. The Bertz CT molecular complexity index is 327. The number of hydrogen-bond acceptors (Lipinski definition) is 3. The molecule has 0 radical (unpaired) electrons. The maximum Gasteiger partial charge on any atom is 0.304 e. The Labute approximate surface area is 102 Å². The number of carbonyl (C=O) groups is 1. The second-order valence-electron chi connectivity index (χ2n) is 4.13. The van der Waals surface area contributed by atoms with Gasteiger partial charge in [0.25, 0.3) is 0 Å². The fraction of sp³-hybridized carbons (Fsp3) is 0.538. The Morgan fingerprint density at radius 1 is 1.47 bits per heavy atom. The summed E-state index contributed by atoms with van der Waals surface area (Å²) in [5.41, 5.74) is 1.13. The highest BCUT2D eigenvalue weighted by Crippen LogP contribution is 2.05. The van der Waals surface area contributed by atoms with Crippen LogP contribution in [0.1, 0.15) is 31.7 Å². The second-order valence-corrected chi connectivity index (χ2v) is 4.13. The molecule has 0 spiro atoms. The lowest BCUT2D eigenvalue weighted by Gasteiger charge is -2.21. The number of carboxylic acid groups (broad SMARTS) is 1. The molecule has 0 aliphatic rings. The van der Waals surface area contributed by atoms with E-state index in [1.807, 2.05) is 18.3 Å². The zero-order valence-corrected chi connectivity index (χ0v) is 10.3. The van der Waals surface area contributed by atoms with Gasteiger partial charge in [0.2, 0.25) is 0 Å². The summed E-state index contributed by atoms with van der Waals surface area (Å²) in [5, 5.41) is 8.71. The molecule has 1 heterocycles. The minimum atomic E-state index is -0.738. The molecule has 0 saturated carbocycles. The molecule has 94 valence electrons.